The summed E-state index contributed by atoms with van der Waals surface area (Å²) < 4.78 is 2.05. The third-order valence-electron chi connectivity index (χ3n) is 5.73. The van der Waals surface area contributed by atoms with Crippen molar-refractivity contribution >= 4 is 23.0 Å². The van der Waals surface area contributed by atoms with Crippen molar-refractivity contribution in [3.8, 4) is 17.2 Å². The van der Waals surface area contributed by atoms with Crippen LogP contribution in [0.25, 0.3) is 11.1 Å². The molecule has 3 aromatic rings. The molecule has 0 aliphatic carbocycles. The Morgan fingerprint density at radius 1 is 1.16 bits per heavy atom. The van der Waals surface area contributed by atoms with Gasteiger partial charge in [0.05, 0.1) is 16.3 Å². The van der Waals surface area contributed by atoms with E-state index in [0.717, 1.165) is 43.0 Å². The van der Waals surface area contributed by atoms with Crippen molar-refractivity contribution in [3.05, 3.63) is 70.4 Å². The molecule has 0 aliphatic heterocycles. The molecule has 4 nitrogen and oxygen atoms in total. The van der Waals surface area contributed by atoms with Crippen LogP contribution in [0.3, 0.4) is 0 Å². The van der Waals surface area contributed by atoms with Crippen LogP contribution in [0.5, 0.6) is 0 Å². The number of halogens is 1. The molecule has 0 saturated heterocycles. The van der Waals surface area contributed by atoms with E-state index in [1.165, 1.54) is 22.4 Å². The molecular formula is C26H30ClN4. The van der Waals surface area contributed by atoms with Crippen LogP contribution in [0.1, 0.15) is 49.2 Å². The molecule has 31 heavy (non-hydrogen) atoms. The van der Waals surface area contributed by atoms with Gasteiger partial charge in [0.25, 0.3) is 0 Å². The molecule has 0 saturated carbocycles. The average Bonchev–Trinajstić information content (AvgIpc) is 3.05. The van der Waals surface area contributed by atoms with Gasteiger partial charge in [-0.05, 0) is 82.3 Å². The molecule has 0 unspecified atom stereocenters. The highest BCUT2D eigenvalue weighted by Gasteiger charge is 2.18. The number of aromatic nitrogens is 2. The maximum atomic E-state index is 9.26. The minimum Gasteiger partial charge on any atom is -0.341 e. The molecule has 0 spiro atoms. The largest absolute Gasteiger partial charge is 0.341 e. The Morgan fingerprint density at radius 3 is 2.55 bits per heavy atom. The standard InChI is InChI=1S/C26H30ClN4/c1-6-8-9-14-30(23-13-12-22(17-28)24(27)16-23)25-15-21(11-10-18(25)3)26-19(4)29-31(7-2)20(26)5/h6,10-13,15-16H,7-9,14H2,1-5H3. The van der Waals surface area contributed by atoms with Gasteiger partial charge >= 0.3 is 0 Å². The van der Waals surface area contributed by atoms with Gasteiger partial charge in [-0.25, -0.2) is 0 Å². The van der Waals surface area contributed by atoms with Gasteiger partial charge in [-0.3, -0.25) is 4.68 Å². The summed E-state index contributed by atoms with van der Waals surface area (Å²) in [6.07, 6.45) is 4.27. The fraction of sp³-hybridized carbons (Fsp3) is 0.346. The first kappa shape index (κ1) is 22.9. The number of hydrogen-bond donors (Lipinski definition) is 0. The third kappa shape index (κ3) is 4.78. The van der Waals surface area contributed by atoms with Crippen molar-refractivity contribution in [1.82, 2.24) is 9.78 Å². The van der Waals surface area contributed by atoms with E-state index in [0.29, 0.717) is 10.6 Å². The summed E-state index contributed by atoms with van der Waals surface area (Å²) in [7, 11) is 0. The molecule has 5 heteroatoms. The van der Waals surface area contributed by atoms with E-state index in [9.17, 15) is 5.26 Å². The lowest BCUT2D eigenvalue weighted by Crippen LogP contribution is -2.19. The van der Waals surface area contributed by atoms with Crippen LogP contribution in [-0.2, 0) is 6.54 Å². The molecule has 1 heterocycles. The van der Waals surface area contributed by atoms with Gasteiger partial charge in [0.1, 0.15) is 6.07 Å². The van der Waals surface area contributed by atoms with E-state index in [2.05, 4.69) is 74.9 Å². The van der Waals surface area contributed by atoms with E-state index in [-0.39, 0.29) is 0 Å². The molecule has 0 bridgehead atoms. The van der Waals surface area contributed by atoms with Gasteiger partial charge in [-0.1, -0.05) is 30.7 Å². The van der Waals surface area contributed by atoms with E-state index >= 15 is 0 Å². The lowest BCUT2D eigenvalue weighted by molar-refractivity contribution is 0.634. The van der Waals surface area contributed by atoms with Gasteiger partial charge in [-0.15, -0.1) is 0 Å². The van der Waals surface area contributed by atoms with Crippen molar-refractivity contribution in [2.75, 3.05) is 11.4 Å². The van der Waals surface area contributed by atoms with Crippen molar-refractivity contribution < 1.29 is 0 Å². The molecule has 0 amide bonds. The zero-order chi connectivity index (χ0) is 22.5. The van der Waals surface area contributed by atoms with Crippen LogP contribution in [0.4, 0.5) is 11.4 Å². The first-order chi connectivity index (χ1) is 14.9. The van der Waals surface area contributed by atoms with Crippen molar-refractivity contribution in [2.45, 2.75) is 54.0 Å². The Hall–Kier alpha value is -2.77. The lowest BCUT2D eigenvalue weighted by atomic mass is 10.00. The second-order valence-electron chi connectivity index (χ2n) is 7.84. The Labute approximate surface area is 191 Å². The van der Waals surface area contributed by atoms with Crippen molar-refractivity contribution in [1.29, 1.82) is 5.26 Å². The smallest absolute Gasteiger partial charge is 0.101 e. The number of benzene rings is 2. The normalized spacial score (nSPS) is 10.9. The molecule has 0 atom stereocenters. The monoisotopic (exact) mass is 433 g/mol. The zero-order valence-corrected chi connectivity index (χ0v) is 19.8. The first-order valence-electron chi connectivity index (χ1n) is 10.8. The van der Waals surface area contributed by atoms with Gasteiger partial charge in [0, 0.05) is 35.7 Å². The summed E-state index contributed by atoms with van der Waals surface area (Å²) >= 11 is 6.38. The summed E-state index contributed by atoms with van der Waals surface area (Å²) in [5.74, 6) is 0. The Morgan fingerprint density at radius 2 is 1.94 bits per heavy atom. The number of anilines is 2. The SMILES string of the molecule is C[CH]CCCN(c1ccc(C#N)c(Cl)c1)c1cc(-c2c(C)nn(CC)c2C)ccc1C. The second kappa shape index (κ2) is 10.0. The maximum absolute atomic E-state index is 9.26. The zero-order valence-electron chi connectivity index (χ0n) is 19.0. The highest BCUT2D eigenvalue weighted by molar-refractivity contribution is 6.32. The van der Waals surface area contributed by atoms with Crippen LogP contribution in [0, 0.1) is 38.5 Å². The number of aryl methyl sites for hydroxylation is 3. The maximum Gasteiger partial charge on any atom is 0.101 e. The first-order valence-corrected chi connectivity index (χ1v) is 11.2. The van der Waals surface area contributed by atoms with E-state index in [1.54, 1.807) is 6.07 Å². The second-order valence-corrected chi connectivity index (χ2v) is 8.25. The molecule has 0 fully saturated rings. The van der Waals surface area contributed by atoms with Gasteiger partial charge in [0.15, 0.2) is 0 Å². The van der Waals surface area contributed by atoms with Crippen LogP contribution in [-0.4, -0.2) is 16.3 Å². The van der Waals surface area contributed by atoms with Crippen molar-refractivity contribution in [2.24, 2.45) is 0 Å². The van der Waals surface area contributed by atoms with Crippen LogP contribution < -0.4 is 4.90 Å². The van der Waals surface area contributed by atoms with Crippen molar-refractivity contribution in [3.63, 3.8) is 0 Å². The number of nitrogens with zero attached hydrogens (tertiary/aromatic N) is 4. The average molecular weight is 434 g/mol. The Bertz CT molecular complexity index is 1110. The minimum absolute atomic E-state index is 0.483. The molecule has 3 rings (SSSR count). The van der Waals surface area contributed by atoms with Crippen LogP contribution in [0.15, 0.2) is 36.4 Å². The predicted octanol–water partition coefficient (Wildman–Crippen LogP) is 7.16. The third-order valence-corrected chi connectivity index (χ3v) is 6.04. The Balaban J connectivity index is 2.11. The molecular weight excluding hydrogens is 404 g/mol. The fourth-order valence-electron chi connectivity index (χ4n) is 4.08. The molecule has 2 aromatic carbocycles. The molecule has 161 valence electrons. The van der Waals surface area contributed by atoms with Crippen LogP contribution in [0.2, 0.25) is 5.02 Å². The van der Waals surface area contributed by atoms with E-state index in [1.807, 2.05) is 12.1 Å². The van der Waals surface area contributed by atoms with E-state index < -0.39 is 0 Å². The molecule has 1 radical (unpaired) electrons. The summed E-state index contributed by atoms with van der Waals surface area (Å²) in [6, 6.07) is 14.4. The number of hydrogen-bond acceptors (Lipinski definition) is 3. The van der Waals surface area contributed by atoms with Gasteiger partial charge in [-0.2, -0.15) is 10.4 Å². The summed E-state index contributed by atoms with van der Waals surface area (Å²) in [5.41, 5.74) is 8.44. The lowest BCUT2D eigenvalue weighted by Gasteiger charge is -2.28. The fourth-order valence-corrected chi connectivity index (χ4v) is 4.30. The summed E-state index contributed by atoms with van der Waals surface area (Å²) in [5, 5.41) is 14.4. The molecule has 1 aromatic heterocycles. The summed E-state index contributed by atoms with van der Waals surface area (Å²) in [4.78, 5) is 2.31. The number of unbranched alkanes of at least 4 members (excludes halogenated alkanes) is 2. The molecule has 0 aliphatic rings. The predicted molar refractivity (Wildman–Crippen MR) is 130 cm³/mol. The topological polar surface area (TPSA) is 44.9 Å². The van der Waals surface area contributed by atoms with Gasteiger partial charge in [0.2, 0.25) is 0 Å². The van der Waals surface area contributed by atoms with Crippen LogP contribution >= 0.6 is 11.6 Å². The number of rotatable bonds is 8. The highest BCUT2D eigenvalue weighted by atomic mass is 35.5. The van der Waals surface area contributed by atoms with E-state index in [4.69, 9.17) is 16.7 Å². The minimum atomic E-state index is 0.483. The number of nitriles is 1. The van der Waals surface area contributed by atoms with Gasteiger partial charge < -0.3 is 4.90 Å². The summed E-state index contributed by atoms with van der Waals surface area (Å²) in [6.45, 7) is 12.3. The Kier molecular flexibility index (Phi) is 7.41. The quantitative estimate of drug-likeness (QED) is 0.354. The molecule has 0 N–H and O–H groups in total. The highest BCUT2D eigenvalue weighted by Crippen LogP contribution is 2.36.